The summed E-state index contributed by atoms with van der Waals surface area (Å²) in [6.07, 6.45) is 2.64. The molecule has 0 heterocycles. The molecule has 0 spiro atoms. The molecule has 0 radical (unpaired) electrons. The number of halogens is 1. The summed E-state index contributed by atoms with van der Waals surface area (Å²) in [6, 6.07) is 4.40. The molecule has 0 aliphatic carbocycles. The van der Waals surface area contributed by atoms with Crippen LogP contribution in [0, 0.1) is 5.82 Å². The largest absolute Gasteiger partial charge is 0.478 e. The minimum Gasteiger partial charge on any atom is -0.478 e. The molecule has 4 heteroatoms. The van der Waals surface area contributed by atoms with E-state index in [1.165, 1.54) is 12.1 Å². The van der Waals surface area contributed by atoms with Crippen molar-refractivity contribution in [1.29, 1.82) is 0 Å². The van der Waals surface area contributed by atoms with Crippen molar-refractivity contribution in [2.75, 3.05) is 0 Å². The zero-order valence-corrected chi connectivity index (χ0v) is 9.74. The van der Waals surface area contributed by atoms with E-state index >= 15 is 0 Å². The molecule has 0 saturated heterocycles. The Labute approximate surface area is 100.0 Å². The van der Waals surface area contributed by atoms with E-state index in [-0.39, 0.29) is 11.6 Å². The first-order chi connectivity index (χ1) is 8.04. The Bertz CT molecular complexity index is 418. The minimum atomic E-state index is -1.25. The van der Waals surface area contributed by atoms with Crippen molar-refractivity contribution in [2.24, 2.45) is 0 Å². The Morgan fingerprint density at radius 1 is 1.65 bits per heavy atom. The molecule has 0 saturated carbocycles. The molecule has 92 valence electrons. The second-order valence-electron chi connectivity index (χ2n) is 3.93. The summed E-state index contributed by atoms with van der Waals surface area (Å²) < 4.78 is 13.3. The van der Waals surface area contributed by atoms with Gasteiger partial charge in [-0.2, -0.15) is 0 Å². The lowest BCUT2D eigenvalue weighted by molar-refractivity contribution is 0.0692. The highest BCUT2D eigenvalue weighted by atomic mass is 19.1. The Balaban J connectivity index is 2.64. The van der Waals surface area contributed by atoms with Gasteiger partial charge in [0.25, 0.3) is 0 Å². The third kappa shape index (κ3) is 4.00. The first-order valence-electron chi connectivity index (χ1n) is 5.40. The molecule has 0 aliphatic heterocycles. The highest BCUT2D eigenvalue weighted by Gasteiger charge is 2.10. The number of carbonyl (C=O) groups is 1. The molecule has 1 rings (SSSR count). The molecule has 0 amide bonds. The Morgan fingerprint density at radius 2 is 2.35 bits per heavy atom. The quantitative estimate of drug-likeness (QED) is 0.748. The summed E-state index contributed by atoms with van der Waals surface area (Å²) in [4.78, 5) is 10.6. The number of benzene rings is 1. The summed E-state index contributed by atoms with van der Waals surface area (Å²) in [5.74, 6) is -1.95. The second-order valence-corrected chi connectivity index (χ2v) is 3.93. The third-order valence-corrected chi connectivity index (χ3v) is 2.44. The molecular formula is C13H16FNO2. The third-order valence-electron chi connectivity index (χ3n) is 2.44. The summed E-state index contributed by atoms with van der Waals surface area (Å²) in [5, 5.41) is 11.9. The maximum atomic E-state index is 13.3. The topological polar surface area (TPSA) is 49.3 Å². The van der Waals surface area contributed by atoms with E-state index in [0.717, 1.165) is 12.0 Å². The van der Waals surface area contributed by atoms with Crippen LogP contribution in [-0.4, -0.2) is 17.1 Å². The number of carboxylic acid groups (broad SMARTS) is 1. The minimum absolute atomic E-state index is 0.259. The maximum absolute atomic E-state index is 13.3. The highest BCUT2D eigenvalue weighted by molar-refractivity contribution is 5.87. The molecule has 0 aromatic heterocycles. The van der Waals surface area contributed by atoms with Crippen LogP contribution in [0.4, 0.5) is 4.39 Å². The fourth-order valence-electron chi connectivity index (χ4n) is 1.47. The van der Waals surface area contributed by atoms with Gasteiger partial charge >= 0.3 is 5.97 Å². The number of rotatable bonds is 6. The van der Waals surface area contributed by atoms with Crippen LogP contribution in [0.3, 0.4) is 0 Å². The van der Waals surface area contributed by atoms with Gasteiger partial charge in [-0.1, -0.05) is 12.1 Å². The predicted octanol–water partition coefficient (Wildman–Crippen LogP) is 2.58. The van der Waals surface area contributed by atoms with Crippen LogP contribution in [0.5, 0.6) is 0 Å². The van der Waals surface area contributed by atoms with Crippen LogP contribution >= 0.6 is 0 Å². The van der Waals surface area contributed by atoms with Crippen molar-refractivity contribution in [1.82, 2.24) is 5.32 Å². The number of hydrogen-bond donors (Lipinski definition) is 2. The predicted molar refractivity (Wildman–Crippen MR) is 64.5 cm³/mol. The molecule has 2 N–H and O–H groups in total. The van der Waals surface area contributed by atoms with Gasteiger partial charge in [0.2, 0.25) is 0 Å². The molecule has 3 nitrogen and oxygen atoms in total. The molecule has 0 aliphatic rings. The van der Waals surface area contributed by atoms with Crippen molar-refractivity contribution in [3.8, 4) is 0 Å². The average Bonchev–Trinajstić information content (AvgIpc) is 2.26. The van der Waals surface area contributed by atoms with Gasteiger partial charge in [-0.3, -0.25) is 0 Å². The van der Waals surface area contributed by atoms with E-state index in [1.54, 1.807) is 6.07 Å². The molecule has 1 aromatic carbocycles. The van der Waals surface area contributed by atoms with Crippen molar-refractivity contribution < 1.29 is 14.3 Å². The Morgan fingerprint density at radius 3 is 2.88 bits per heavy atom. The fraction of sp³-hybridized carbons (Fsp3) is 0.308. The lowest BCUT2D eigenvalue weighted by Crippen LogP contribution is -2.24. The second kappa shape index (κ2) is 6.15. The summed E-state index contributed by atoms with van der Waals surface area (Å²) in [5.41, 5.74) is 0.427. The molecule has 0 fully saturated rings. The maximum Gasteiger partial charge on any atom is 0.338 e. The molecule has 17 heavy (non-hydrogen) atoms. The zero-order chi connectivity index (χ0) is 12.8. The first kappa shape index (κ1) is 13.4. The standard InChI is InChI=1S/C13H16FNO2/c1-3-4-9(2)15-8-10-5-6-11(13(16)17)12(14)7-10/h3,5-7,9,15H,1,4,8H2,2H3,(H,16,17). The van der Waals surface area contributed by atoms with Gasteiger partial charge in [0.1, 0.15) is 5.82 Å². The van der Waals surface area contributed by atoms with E-state index in [2.05, 4.69) is 11.9 Å². The SMILES string of the molecule is C=CCC(C)NCc1ccc(C(=O)O)c(F)c1. The van der Waals surface area contributed by atoms with Gasteiger partial charge in [-0.15, -0.1) is 6.58 Å². The van der Waals surface area contributed by atoms with Crippen LogP contribution < -0.4 is 5.32 Å². The van der Waals surface area contributed by atoms with Crippen molar-refractivity contribution in [3.05, 3.63) is 47.8 Å². The van der Waals surface area contributed by atoms with E-state index < -0.39 is 11.8 Å². The molecule has 1 atom stereocenters. The number of hydrogen-bond acceptors (Lipinski definition) is 2. The van der Waals surface area contributed by atoms with E-state index in [4.69, 9.17) is 5.11 Å². The van der Waals surface area contributed by atoms with Gasteiger partial charge in [0, 0.05) is 12.6 Å². The van der Waals surface area contributed by atoms with Crippen LogP contribution in [0.15, 0.2) is 30.9 Å². The monoisotopic (exact) mass is 237 g/mol. The number of carboxylic acids is 1. The van der Waals surface area contributed by atoms with Crippen LogP contribution in [0.1, 0.15) is 29.3 Å². The van der Waals surface area contributed by atoms with Crippen LogP contribution in [0.25, 0.3) is 0 Å². The molecule has 1 aromatic rings. The smallest absolute Gasteiger partial charge is 0.338 e. The van der Waals surface area contributed by atoms with E-state index in [0.29, 0.717) is 6.54 Å². The summed E-state index contributed by atoms with van der Waals surface area (Å²) in [7, 11) is 0. The fourth-order valence-corrected chi connectivity index (χ4v) is 1.47. The van der Waals surface area contributed by atoms with Crippen molar-refractivity contribution in [2.45, 2.75) is 25.9 Å². The van der Waals surface area contributed by atoms with Gasteiger partial charge < -0.3 is 10.4 Å². The lowest BCUT2D eigenvalue weighted by Gasteiger charge is -2.11. The van der Waals surface area contributed by atoms with E-state index in [1.807, 2.05) is 13.0 Å². The summed E-state index contributed by atoms with van der Waals surface area (Å²) in [6.45, 7) is 6.14. The van der Waals surface area contributed by atoms with E-state index in [9.17, 15) is 9.18 Å². The lowest BCUT2D eigenvalue weighted by atomic mass is 10.1. The summed E-state index contributed by atoms with van der Waals surface area (Å²) >= 11 is 0. The number of nitrogens with one attached hydrogen (secondary N) is 1. The Hall–Kier alpha value is -1.68. The highest BCUT2D eigenvalue weighted by Crippen LogP contribution is 2.10. The Kier molecular flexibility index (Phi) is 4.84. The average molecular weight is 237 g/mol. The van der Waals surface area contributed by atoms with Gasteiger partial charge in [0.05, 0.1) is 5.56 Å². The van der Waals surface area contributed by atoms with Gasteiger partial charge in [0.15, 0.2) is 0 Å². The molecule has 0 bridgehead atoms. The van der Waals surface area contributed by atoms with Gasteiger partial charge in [-0.25, -0.2) is 9.18 Å². The first-order valence-corrected chi connectivity index (χ1v) is 5.40. The molecular weight excluding hydrogens is 221 g/mol. The molecule has 1 unspecified atom stereocenters. The normalized spacial score (nSPS) is 12.1. The number of aromatic carboxylic acids is 1. The van der Waals surface area contributed by atoms with Crippen molar-refractivity contribution >= 4 is 5.97 Å². The van der Waals surface area contributed by atoms with Crippen molar-refractivity contribution in [3.63, 3.8) is 0 Å². The van der Waals surface area contributed by atoms with Crippen LogP contribution in [-0.2, 0) is 6.54 Å². The van der Waals surface area contributed by atoms with Gasteiger partial charge in [-0.05, 0) is 31.0 Å². The van der Waals surface area contributed by atoms with Crippen LogP contribution in [0.2, 0.25) is 0 Å². The zero-order valence-electron chi connectivity index (χ0n) is 9.74.